The van der Waals surface area contributed by atoms with Gasteiger partial charge in [0.1, 0.15) is 5.75 Å². The van der Waals surface area contributed by atoms with Crippen LogP contribution in [0.4, 0.5) is 0 Å². The molecule has 0 radical (unpaired) electrons. The second-order valence-electron chi connectivity index (χ2n) is 10.5. The largest absolute Gasteiger partial charge is 0.497 e. The van der Waals surface area contributed by atoms with Crippen molar-refractivity contribution in [2.75, 3.05) is 7.11 Å². The number of rotatable bonds is 12. The van der Waals surface area contributed by atoms with Gasteiger partial charge in [-0.2, -0.15) is 5.10 Å². The van der Waals surface area contributed by atoms with E-state index in [2.05, 4.69) is 62.4 Å². The topological polar surface area (TPSA) is 64.4 Å². The van der Waals surface area contributed by atoms with Crippen LogP contribution in [-0.4, -0.2) is 28.0 Å². The Kier molecular flexibility index (Phi) is 8.67. The molecule has 1 unspecified atom stereocenters. The summed E-state index contributed by atoms with van der Waals surface area (Å²) in [7, 11) is 1.67. The van der Waals surface area contributed by atoms with Gasteiger partial charge in [0.05, 0.1) is 24.8 Å². The summed E-state index contributed by atoms with van der Waals surface area (Å²) < 4.78 is 7.31. The van der Waals surface area contributed by atoms with Crippen LogP contribution in [0.25, 0.3) is 11.1 Å². The fourth-order valence-corrected chi connectivity index (χ4v) is 5.10. The van der Waals surface area contributed by atoms with Gasteiger partial charge in [-0.3, -0.25) is 9.48 Å². The van der Waals surface area contributed by atoms with Crippen molar-refractivity contribution >= 4 is 5.97 Å². The summed E-state index contributed by atoms with van der Waals surface area (Å²) >= 11 is 0. The molecule has 38 heavy (non-hydrogen) atoms. The number of methoxy groups -OCH3 is 1. The lowest BCUT2D eigenvalue weighted by Gasteiger charge is -2.25. The number of aryl methyl sites for hydroxylation is 3. The van der Waals surface area contributed by atoms with Crippen molar-refractivity contribution in [2.24, 2.45) is 5.41 Å². The maximum Gasteiger partial charge on any atom is 0.309 e. The van der Waals surface area contributed by atoms with E-state index < -0.39 is 11.4 Å². The zero-order valence-corrected chi connectivity index (χ0v) is 22.9. The lowest BCUT2D eigenvalue weighted by Crippen LogP contribution is -2.28. The maximum absolute atomic E-state index is 12.1. The first-order valence-electron chi connectivity index (χ1n) is 13.3. The molecule has 0 aliphatic carbocycles. The second kappa shape index (κ2) is 12.1. The molecule has 1 atom stereocenters. The first-order valence-corrected chi connectivity index (χ1v) is 13.3. The summed E-state index contributed by atoms with van der Waals surface area (Å²) in [4.78, 5) is 12.1. The molecular weight excluding hydrogens is 472 g/mol. The standard InChI is InChI=1S/C33H38N2O3/c1-24-31(25(2)35(34-24)23-28-14-18-30(38-4)19-15-28)29-16-12-27(13-17-29)20-22-33(3,32(36)37)21-8-11-26-9-6-5-7-10-26/h5-7,9-10,12-19H,8,11,20-23H2,1-4H3,(H,36,37). The quantitative estimate of drug-likeness (QED) is 0.218. The minimum Gasteiger partial charge on any atom is -0.497 e. The van der Waals surface area contributed by atoms with Gasteiger partial charge in [0, 0.05) is 11.3 Å². The first-order chi connectivity index (χ1) is 18.3. The molecule has 3 aromatic carbocycles. The molecule has 1 aromatic heterocycles. The Hall–Kier alpha value is -3.86. The number of aliphatic carboxylic acids is 1. The molecule has 198 valence electrons. The number of carboxylic acids is 1. The van der Waals surface area contributed by atoms with Crippen LogP contribution in [0.3, 0.4) is 0 Å². The lowest BCUT2D eigenvalue weighted by molar-refractivity contribution is -0.148. The van der Waals surface area contributed by atoms with Gasteiger partial charge in [0.25, 0.3) is 0 Å². The number of aromatic nitrogens is 2. The zero-order valence-electron chi connectivity index (χ0n) is 22.9. The van der Waals surface area contributed by atoms with E-state index in [9.17, 15) is 9.90 Å². The van der Waals surface area contributed by atoms with Crippen LogP contribution in [0, 0.1) is 19.3 Å². The number of carbonyl (C=O) groups is 1. The molecule has 1 heterocycles. The van der Waals surface area contributed by atoms with Gasteiger partial charge in [0.15, 0.2) is 0 Å². The Morgan fingerprint density at radius 2 is 1.50 bits per heavy atom. The third kappa shape index (κ3) is 6.52. The van der Waals surface area contributed by atoms with Crippen molar-refractivity contribution in [3.8, 4) is 16.9 Å². The molecule has 0 amide bonds. The van der Waals surface area contributed by atoms with E-state index in [-0.39, 0.29) is 0 Å². The van der Waals surface area contributed by atoms with Gasteiger partial charge >= 0.3 is 5.97 Å². The molecule has 5 nitrogen and oxygen atoms in total. The Balaban J connectivity index is 1.40. The number of nitrogens with zero attached hydrogens (tertiary/aromatic N) is 2. The smallest absolute Gasteiger partial charge is 0.309 e. The maximum atomic E-state index is 12.1. The first kappa shape index (κ1) is 27.2. The Morgan fingerprint density at radius 1 is 0.868 bits per heavy atom. The van der Waals surface area contributed by atoms with Crippen molar-refractivity contribution in [1.29, 1.82) is 0 Å². The predicted molar refractivity (Wildman–Crippen MR) is 153 cm³/mol. The molecule has 1 N–H and O–H groups in total. The van der Waals surface area contributed by atoms with E-state index in [1.807, 2.05) is 41.9 Å². The van der Waals surface area contributed by atoms with Crippen molar-refractivity contribution in [1.82, 2.24) is 9.78 Å². The SMILES string of the molecule is COc1ccc(Cn2nc(C)c(-c3ccc(CCC(C)(CCCc4ccccc4)C(=O)O)cc3)c2C)cc1. The number of hydrogen-bond acceptors (Lipinski definition) is 3. The van der Waals surface area contributed by atoms with Gasteiger partial charge < -0.3 is 9.84 Å². The van der Waals surface area contributed by atoms with Crippen LogP contribution in [0.15, 0.2) is 78.9 Å². The van der Waals surface area contributed by atoms with Crippen molar-refractivity contribution in [2.45, 2.75) is 59.4 Å². The molecular formula is C33H38N2O3. The van der Waals surface area contributed by atoms with E-state index in [1.54, 1.807) is 7.11 Å². The molecule has 0 fully saturated rings. The van der Waals surface area contributed by atoms with Crippen LogP contribution >= 0.6 is 0 Å². The third-order valence-corrected chi connectivity index (χ3v) is 7.63. The molecule has 4 rings (SSSR count). The summed E-state index contributed by atoms with van der Waals surface area (Å²) in [6, 6.07) is 26.9. The van der Waals surface area contributed by atoms with E-state index in [0.717, 1.165) is 53.1 Å². The highest BCUT2D eigenvalue weighted by atomic mass is 16.5. The summed E-state index contributed by atoms with van der Waals surface area (Å²) in [5.41, 5.74) is 7.27. The Labute approximate surface area is 226 Å². The fourth-order valence-electron chi connectivity index (χ4n) is 5.10. The molecule has 0 saturated carbocycles. The van der Waals surface area contributed by atoms with Gasteiger partial charge in [-0.25, -0.2) is 0 Å². The summed E-state index contributed by atoms with van der Waals surface area (Å²) in [6.45, 7) is 6.75. The molecule has 0 saturated heterocycles. The fraction of sp³-hybridized carbons (Fsp3) is 0.333. The van der Waals surface area contributed by atoms with Crippen molar-refractivity contribution in [3.05, 3.63) is 107 Å². The van der Waals surface area contributed by atoms with Crippen LogP contribution in [0.2, 0.25) is 0 Å². The Bertz CT molecular complexity index is 1340. The van der Waals surface area contributed by atoms with E-state index in [0.29, 0.717) is 19.4 Å². The van der Waals surface area contributed by atoms with Crippen LogP contribution in [-0.2, 0) is 24.2 Å². The van der Waals surface area contributed by atoms with Crippen LogP contribution < -0.4 is 4.74 Å². The second-order valence-corrected chi connectivity index (χ2v) is 10.5. The van der Waals surface area contributed by atoms with Gasteiger partial charge in [-0.1, -0.05) is 66.7 Å². The van der Waals surface area contributed by atoms with E-state index in [1.165, 1.54) is 11.1 Å². The average molecular weight is 511 g/mol. The van der Waals surface area contributed by atoms with Crippen LogP contribution in [0.5, 0.6) is 5.75 Å². The minimum atomic E-state index is -0.733. The van der Waals surface area contributed by atoms with Crippen molar-refractivity contribution in [3.63, 3.8) is 0 Å². The Morgan fingerprint density at radius 3 is 2.13 bits per heavy atom. The van der Waals surface area contributed by atoms with E-state index in [4.69, 9.17) is 9.84 Å². The third-order valence-electron chi connectivity index (χ3n) is 7.63. The van der Waals surface area contributed by atoms with Gasteiger partial charge in [-0.15, -0.1) is 0 Å². The minimum absolute atomic E-state index is 0.619. The number of hydrogen-bond donors (Lipinski definition) is 1. The molecule has 0 aliphatic rings. The van der Waals surface area contributed by atoms with Crippen molar-refractivity contribution < 1.29 is 14.6 Å². The normalized spacial score (nSPS) is 12.7. The molecule has 0 aliphatic heterocycles. The monoisotopic (exact) mass is 510 g/mol. The number of ether oxygens (including phenoxy) is 1. The summed E-state index contributed by atoms with van der Waals surface area (Å²) in [5.74, 6) is 0.136. The van der Waals surface area contributed by atoms with Gasteiger partial charge in [-0.05, 0) is 87.3 Å². The van der Waals surface area contributed by atoms with Crippen LogP contribution in [0.1, 0.15) is 54.3 Å². The van der Waals surface area contributed by atoms with Gasteiger partial charge in [0.2, 0.25) is 0 Å². The highest BCUT2D eigenvalue weighted by molar-refractivity contribution is 5.74. The molecule has 5 heteroatoms. The zero-order chi connectivity index (χ0) is 27.1. The average Bonchev–Trinajstić information content (AvgIpc) is 3.21. The molecule has 4 aromatic rings. The lowest BCUT2D eigenvalue weighted by atomic mass is 9.79. The number of carboxylic acid groups (broad SMARTS) is 1. The summed E-state index contributed by atoms with van der Waals surface area (Å²) in [5, 5.41) is 14.8. The highest BCUT2D eigenvalue weighted by Crippen LogP contribution is 2.32. The molecule has 0 bridgehead atoms. The highest BCUT2D eigenvalue weighted by Gasteiger charge is 2.32. The summed E-state index contributed by atoms with van der Waals surface area (Å²) in [6.07, 6.45) is 3.80. The van der Waals surface area contributed by atoms with E-state index >= 15 is 0 Å². The molecule has 0 spiro atoms. The number of benzene rings is 3. The predicted octanol–water partition coefficient (Wildman–Crippen LogP) is 7.27.